The van der Waals surface area contributed by atoms with Gasteiger partial charge in [0.1, 0.15) is 22.4 Å². The maximum atomic E-state index is 13.6. The fourth-order valence-corrected chi connectivity index (χ4v) is 5.13. The minimum absolute atomic E-state index is 0.0868. The van der Waals surface area contributed by atoms with Gasteiger partial charge in [-0.15, -0.1) is 0 Å². The number of rotatable bonds is 7. The van der Waals surface area contributed by atoms with Crippen LogP contribution in [0.2, 0.25) is 0 Å². The van der Waals surface area contributed by atoms with Gasteiger partial charge in [-0.2, -0.15) is 5.26 Å². The van der Waals surface area contributed by atoms with E-state index in [-0.39, 0.29) is 18.0 Å². The SMILES string of the molecule is CCc1ccc(N2C(=O)C(Cc3cccc(C)c3)S/C2=C(/C#N)C(=O)NCc2ccco2)cc1. The lowest BCUT2D eigenvalue weighted by atomic mass is 10.1. The highest BCUT2D eigenvalue weighted by Gasteiger charge is 2.40. The summed E-state index contributed by atoms with van der Waals surface area (Å²) in [6, 6.07) is 21.2. The van der Waals surface area contributed by atoms with Crippen LogP contribution in [0.25, 0.3) is 0 Å². The van der Waals surface area contributed by atoms with Crippen molar-refractivity contribution in [1.82, 2.24) is 5.32 Å². The van der Waals surface area contributed by atoms with Crippen molar-refractivity contribution in [1.29, 1.82) is 5.26 Å². The van der Waals surface area contributed by atoms with E-state index in [9.17, 15) is 14.9 Å². The van der Waals surface area contributed by atoms with Crippen molar-refractivity contribution in [2.45, 2.75) is 38.5 Å². The molecule has 3 aromatic rings. The molecule has 7 heteroatoms. The summed E-state index contributed by atoms with van der Waals surface area (Å²) in [6.45, 7) is 4.23. The first-order valence-electron chi connectivity index (χ1n) is 11.1. The highest BCUT2D eigenvalue weighted by molar-refractivity contribution is 8.05. The Hall–Kier alpha value is -3.76. The van der Waals surface area contributed by atoms with Gasteiger partial charge in [0, 0.05) is 5.69 Å². The molecule has 1 aromatic heterocycles. The van der Waals surface area contributed by atoms with Crippen LogP contribution in [-0.4, -0.2) is 17.1 Å². The number of nitrogens with one attached hydrogen (secondary N) is 1. The number of hydrogen-bond donors (Lipinski definition) is 1. The van der Waals surface area contributed by atoms with Crippen LogP contribution in [0, 0.1) is 18.3 Å². The zero-order valence-corrected chi connectivity index (χ0v) is 19.9. The molecule has 1 saturated heterocycles. The van der Waals surface area contributed by atoms with Crippen molar-refractivity contribution in [3.8, 4) is 6.07 Å². The number of hydrogen-bond acceptors (Lipinski definition) is 5. The fraction of sp³-hybridized carbons (Fsp3) is 0.222. The van der Waals surface area contributed by atoms with Crippen molar-refractivity contribution < 1.29 is 14.0 Å². The Balaban J connectivity index is 1.68. The molecule has 1 unspecified atom stereocenters. The van der Waals surface area contributed by atoms with Crippen LogP contribution in [0.5, 0.6) is 0 Å². The van der Waals surface area contributed by atoms with E-state index in [1.165, 1.54) is 22.9 Å². The minimum atomic E-state index is -0.541. The number of nitrogens with zero attached hydrogens (tertiary/aromatic N) is 2. The Bertz CT molecular complexity index is 1260. The Morgan fingerprint density at radius 3 is 2.59 bits per heavy atom. The molecule has 34 heavy (non-hydrogen) atoms. The number of thioether (sulfide) groups is 1. The molecule has 0 spiro atoms. The molecule has 2 aromatic carbocycles. The molecule has 1 fully saturated rings. The van der Waals surface area contributed by atoms with E-state index in [1.54, 1.807) is 12.1 Å². The Morgan fingerprint density at radius 2 is 1.94 bits per heavy atom. The van der Waals surface area contributed by atoms with E-state index in [0.717, 1.165) is 23.1 Å². The summed E-state index contributed by atoms with van der Waals surface area (Å²) in [7, 11) is 0. The van der Waals surface area contributed by atoms with Crippen molar-refractivity contribution in [2.75, 3.05) is 4.90 Å². The Morgan fingerprint density at radius 1 is 1.15 bits per heavy atom. The van der Waals surface area contributed by atoms with Crippen molar-refractivity contribution in [3.63, 3.8) is 0 Å². The lowest BCUT2D eigenvalue weighted by Crippen LogP contribution is -2.32. The van der Waals surface area contributed by atoms with Gasteiger partial charge in [0.15, 0.2) is 0 Å². The van der Waals surface area contributed by atoms with Gasteiger partial charge in [0.05, 0.1) is 18.1 Å². The van der Waals surface area contributed by atoms with Crippen LogP contribution >= 0.6 is 11.8 Å². The number of carbonyl (C=O) groups is 2. The van der Waals surface area contributed by atoms with Crippen molar-refractivity contribution in [2.24, 2.45) is 0 Å². The smallest absolute Gasteiger partial charge is 0.265 e. The maximum absolute atomic E-state index is 13.6. The molecule has 0 saturated carbocycles. The number of aryl methyl sites for hydroxylation is 2. The van der Waals surface area contributed by atoms with E-state index < -0.39 is 11.2 Å². The Labute approximate surface area is 203 Å². The first-order valence-corrected chi connectivity index (χ1v) is 12.0. The molecule has 1 N–H and O–H groups in total. The van der Waals surface area contributed by atoms with Crippen LogP contribution in [0.1, 0.15) is 29.4 Å². The predicted octanol–water partition coefficient (Wildman–Crippen LogP) is 4.89. The molecule has 2 amide bonds. The molecule has 1 aliphatic rings. The zero-order chi connectivity index (χ0) is 24.1. The summed E-state index contributed by atoms with van der Waals surface area (Å²) in [5.41, 5.74) is 3.85. The van der Waals surface area contributed by atoms with Gasteiger partial charge in [-0.1, -0.05) is 60.6 Å². The molecular weight excluding hydrogens is 446 g/mol. The molecule has 0 radical (unpaired) electrons. The summed E-state index contributed by atoms with van der Waals surface area (Å²) in [5, 5.41) is 12.6. The first kappa shape index (κ1) is 23.4. The summed E-state index contributed by atoms with van der Waals surface area (Å²) in [5.74, 6) is -0.104. The van der Waals surface area contributed by atoms with E-state index in [1.807, 2.05) is 55.5 Å². The number of anilines is 1. The third-order valence-corrected chi connectivity index (χ3v) is 6.88. The lowest BCUT2D eigenvalue weighted by Gasteiger charge is -2.19. The van der Waals surface area contributed by atoms with E-state index in [0.29, 0.717) is 22.9 Å². The molecule has 2 heterocycles. The average Bonchev–Trinajstić information content (AvgIpc) is 3.47. The molecule has 0 aliphatic carbocycles. The fourth-order valence-electron chi connectivity index (χ4n) is 3.82. The number of benzene rings is 2. The summed E-state index contributed by atoms with van der Waals surface area (Å²) in [6.07, 6.45) is 2.90. The average molecular weight is 472 g/mol. The van der Waals surface area contributed by atoms with Crippen molar-refractivity contribution in [3.05, 3.63) is 100.0 Å². The van der Waals surface area contributed by atoms with Crippen LogP contribution in [0.3, 0.4) is 0 Å². The Kier molecular flexibility index (Phi) is 7.19. The van der Waals surface area contributed by atoms with E-state index in [4.69, 9.17) is 4.42 Å². The molecule has 172 valence electrons. The van der Waals surface area contributed by atoms with Gasteiger partial charge >= 0.3 is 0 Å². The van der Waals surface area contributed by atoms with Gasteiger partial charge in [-0.05, 0) is 55.2 Å². The summed E-state index contributed by atoms with van der Waals surface area (Å²) < 4.78 is 5.26. The molecule has 1 atom stereocenters. The third-order valence-electron chi connectivity index (χ3n) is 5.62. The molecule has 4 rings (SSSR count). The second-order valence-corrected chi connectivity index (χ2v) is 9.24. The number of carbonyl (C=O) groups excluding carboxylic acids is 2. The van der Waals surface area contributed by atoms with E-state index >= 15 is 0 Å². The van der Waals surface area contributed by atoms with Crippen LogP contribution in [0.4, 0.5) is 5.69 Å². The molecule has 1 aliphatic heterocycles. The lowest BCUT2D eigenvalue weighted by molar-refractivity contribution is -0.117. The normalized spacial score (nSPS) is 16.9. The quantitative estimate of drug-likeness (QED) is 0.392. The summed E-state index contributed by atoms with van der Waals surface area (Å²) in [4.78, 5) is 28.0. The van der Waals surface area contributed by atoms with Crippen LogP contribution in [0.15, 0.2) is 81.9 Å². The second-order valence-electron chi connectivity index (χ2n) is 8.05. The predicted molar refractivity (Wildman–Crippen MR) is 133 cm³/mol. The monoisotopic (exact) mass is 471 g/mol. The third kappa shape index (κ3) is 5.08. The number of nitriles is 1. The van der Waals surface area contributed by atoms with Gasteiger partial charge in [-0.3, -0.25) is 14.5 Å². The van der Waals surface area contributed by atoms with Gasteiger partial charge in [0.2, 0.25) is 5.91 Å². The first-order chi connectivity index (χ1) is 16.5. The second kappa shape index (κ2) is 10.4. The van der Waals surface area contributed by atoms with Gasteiger partial charge < -0.3 is 9.73 Å². The van der Waals surface area contributed by atoms with Gasteiger partial charge in [-0.25, -0.2) is 0 Å². The molecule has 0 bridgehead atoms. The highest BCUT2D eigenvalue weighted by atomic mass is 32.2. The van der Waals surface area contributed by atoms with Crippen LogP contribution < -0.4 is 10.2 Å². The molecular formula is C27H25N3O3S. The van der Waals surface area contributed by atoms with Crippen molar-refractivity contribution >= 4 is 29.3 Å². The van der Waals surface area contributed by atoms with E-state index in [2.05, 4.69) is 18.3 Å². The minimum Gasteiger partial charge on any atom is -0.467 e. The zero-order valence-electron chi connectivity index (χ0n) is 19.1. The van der Waals surface area contributed by atoms with Crippen LogP contribution in [-0.2, 0) is 29.0 Å². The largest absolute Gasteiger partial charge is 0.467 e. The number of amides is 2. The molecule has 6 nitrogen and oxygen atoms in total. The maximum Gasteiger partial charge on any atom is 0.265 e. The summed E-state index contributed by atoms with van der Waals surface area (Å²) >= 11 is 1.27. The highest BCUT2D eigenvalue weighted by Crippen LogP contribution is 2.42. The number of furan rings is 1. The standard InChI is InChI=1S/C27H25N3O3S/c1-3-19-9-11-21(12-10-19)30-26(32)24(15-20-7-4-6-18(2)14-20)34-27(30)23(16-28)25(31)29-17-22-8-5-13-33-22/h4-14,24H,3,15,17H2,1-2H3,(H,29,31)/b27-23-. The van der Waals surface area contributed by atoms with Gasteiger partial charge in [0.25, 0.3) is 5.91 Å². The topological polar surface area (TPSA) is 86.3 Å².